The molecule has 1 aromatic rings. The van der Waals surface area contributed by atoms with Crippen molar-refractivity contribution in [2.24, 2.45) is 0 Å². The van der Waals surface area contributed by atoms with Crippen molar-refractivity contribution in [3.63, 3.8) is 0 Å². The molecule has 0 spiro atoms. The number of amides is 2. The van der Waals surface area contributed by atoms with E-state index in [1.54, 1.807) is 29.2 Å². The van der Waals surface area contributed by atoms with E-state index in [1.165, 1.54) is 0 Å². The third kappa shape index (κ3) is 4.24. The van der Waals surface area contributed by atoms with Crippen molar-refractivity contribution in [2.45, 2.75) is 13.3 Å². The molecule has 1 heterocycles. The number of rotatable bonds is 4. The van der Waals surface area contributed by atoms with Gasteiger partial charge in [0.25, 0.3) is 0 Å². The number of aliphatic carboxylic acids is 1. The lowest BCUT2D eigenvalue weighted by atomic mass is 10.1. The normalized spacial score (nSPS) is 14.3. The van der Waals surface area contributed by atoms with Crippen LogP contribution < -0.4 is 10.1 Å². The standard InChI is InChI=1S/C15H18N2O4/c1-11-5-4-8-17(9-11)15(20)16-12-6-2-3-7-13(12)21-10-14(18)19/h2-3,5-7H,4,8-10H2,1H3,(H,16,20)(H,18,19). The molecule has 112 valence electrons. The molecule has 0 saturated carbocycles. The van der Waals surface area contributed by atoms with E-state index in [9.17, 15) is 9.59 Å². The number of carboxylic acids is 1. The molecule has 6 nitrogen and oxygen atoms in total. The van der Waals surface area contributed by atoms with Crippen LogP contribution in [-0.2, 0) is 4.79 Å². The number of hydrogen-bond acceptors (Lipinski definition) is 3. The summed E-state index contributed by atoms with van der Waals surface area (Å²) in [6, 6.07) is 6.57. The minimum absolute atomic E-state index is 0.214. The van der Waals surface area contributed by atoms with E-state index in [-0.39, 0.29) is 6.03 Å². The lowest BCUT2D eigenvalue weighted by molar-refractivity contribution is -0.139. The molecule has 6 heteroatoms. The first-order valence-corrected chi connectivity index (χ1v) is 6.71. The van der Waals surface area contributed by atoms with E-state index >= 15 is 0 Å². The maximum atomic E-state index is 12.2. The quantitative estimate of drug-likeness (QED) is 0.834. The fourth-order valence-corrected chi connectivity index (χ4v) is 2.11. The summed E-state index contributed by atoms with van der Waals surface area (Å²) in [4.78, 5) is 24.5. The van der Waals surface area contributed by atoms with Crippen LogP contribution in [-0.4, -0.2) is 41.7 Å². The molecule has 0 bridgehead atoms. The highest BCUT2D eigenvalue weighted by atomic mass is 16.5. The molecule has 2 N–H and O–H groups in total. The fourth-order valence-electron chi connectivity index (χ4n) is 2.11. The van der Waals surface area contributed by atoms with Gasteiger partial charge >= 0.3 is 12.0 Å². The summed E-state index contributed by atoms with van der Waals surface area (Å²) in [6.45, 7) is 2.81. The van der Waals surface area contributed by atoms with Crippen molar-refractivity contribution < 1.29 is 19.4 Å². The van der Waals surface area contributed by atoms with Gasteiger partial charge in [0.05, 0.1) is 5.69 Å². The number of carbonyl (C=O) groups excluding carboxylic acids is 1. The average Bonchev–Trinajstić information content (AvgIpc) is 2.46. The Morgan fingerprint density at radius 1 is 1.38 bits per heavy atom. The Bertz CT molecular complexity index is 569. The summed E-state index contributed by atoms with van der Waals surface area (Å²) in [5.74, 6) is -0.717. The van der Waals surface area contributed by atoms with Crippen LogP contribution in [0.15, 0.2) is 35.9 Å². The smallest absolute Gasteiger partial charge is 0.341 e. The summed E-state index contributed by atoms with van der Waals surface area (Å²) >= 11 is 0. The Hall–Kier alpha value is -2.50. The molecule has 0 aromatic heterocycles. The molecule has 0 radical (unpaired) electrons. The largest absolute Gasteiger partial charge is 0.480 e. The number of carbonyl (C=O) groups is 2. The Kier molecular flexibility index (Phi) is 4.81. The van der Waals surface area contributed by atoms with E-state index in [4.69, 9.17) is 9.84 Å². The lowest BCUT2D eigenvalue weighted by Gasteiger charge is -2.26. The lowest BCUT2D eigenvalue weighted by Crippen LogP contribution is -2.38. The van der Waals surface area contributed by atoms with Gasteiger partial charge in [-0.15, -0.1) is 0 Å². The molecule has 0 fully saturated rings. The Labute approximate surface area is 123 Å². The first kappa shape index (κ1) is 14.9. The van der Waals surface area contributed by atoms with Gasteiger partial charge in [-0.3, -0.25) is 0 Å². The number of hydrogen-bond donors (Lipinski definition) is 2. The van der Waals surface area contributed by atoms with Gasteiger partial charge in [-0.25, -0.2) is 9.59 Å². The van der Waals surface area contributed by atoms with Crippen LogP contribution in [0.4, 0.5) is 10.5 Å². The molecule has 0 atom stereocenters. The van der Waals surface area contributed by atoms with Crippen molar-refractivity contribution in [2.75, 3.05) is 25.0 Å². The van der Waals surface area contributed by atoms with Gasteiger partial charge in [0.2, 0.25) is 0 Å². The van der Waals surface area contributed by atoms with E-state index in [0.717, 1.165) is 12.0 Å². The molecule has 2 amide bonds. The van der Waals surface area contributed by atoms with E-state index in [2.05, 4.69) is 11.4 Å². The summed E-state index contributed by atoms with van der Waals surface area (Å²) in [6.07, 6.45) is 2.96. The molecule has 0 unspecified atom stereocenters. The second-order valence-corrected chi connectivity index (χ2v) is 4.87. The molecular formula is C15H18N2O4. The zero-order valence-corrected chi connectivity index (χ0v) is 11.8. The van der Waals surface area contributed by atoms with Crippen molar-refractivity contribution in [3.05, 3.63) is 35.9 Å². The third-order valence-electron chi connectivity index (χ3n) is 3.10. The van der Waals surface area contributed by atoms with Crippen molar-refractivity contribution in [1.29, 1.82) is 0 Å². The third-order valence-corrected chi connectivity index (χ3v) is 3.10. The highest BCUT2D eigenvalue weighted by Gasteiger charge is 2.17. The Morgan fingerprint density at radius 2 is 2.14 bits per heavy atom. The molecule has 1 aliphatic rings. The second-order valence-electron chi connectivity index (χ2n) is 4.87. The van der Waals surface area contributed by atoms with Crippen LogP contribution in [0.25, 0.3) is 0 Å². The molecule has 0 saturated heterocycles. The molecule has 1 aromatic carbocycles. The predicted octanol–water partition coefficient (Wildman–Crippen LogP) is 2.33. The van der Waals surface area contributed by atoms with E-state index < -0.39 is 12.6 Å². The number of anilines is 1. The number of para-hydroxylation sites is 2. The second kappa shape index (κ2) is 6.78. The van der Waals surface area contributed by atoms with Crippen LogP contribution in [0.3, 0.4) is 0 Å². The van der Waals surface area contributed by atoms with Crippen molar-refractivity contribution in [3.8, 4) is 5.75 Å². The van der Waals surface area contributed by atoms with Gasteiger partial charge in [0, 0.05) is 13.1 Å². The molecular weight excluding hydrogens is 272 g/mol. The van der Waals surface area contributed by atoms with Gasteiger partial charge in [0.15, 0.2) is 6.61 Å². The zero-order valence-electron chi connectivity index (χ0n) is 11.8. The minimum Gasteiger partial charge on any atom is -0.480 e. The topological polar surface area (TPSA) is 78.9 Å². The number of benzene rings is 1. The van der Waals surface area contributed by atoms with Gasteiger partial charge in [0.1, 0.15) is 5.75 Å². The van der Waals surface area contributed by atoms with Crippen LogP contribution >= 0.6 is 0 Å². The van der Waals surface area contributed by atoms with Crippen LogP contribution in [0.5, 0.6) is 5.75 Å². The number of urea groups is 1. The average molecular weight is 290 g/mol. The summed E-state index contributed by atoms with van der Waals surface area (Å²) in [7, 11) is 0. The summed E-state index contributed by atoms with van der Waals surface area (Å²) in [5.41, 5.74) is 1.63. The van der Waals surface area contributed by atoms with Gasteiger partial charge in [-0.2, -0.15) is 0 Å². The van der Waals surface area contributed by atoms with Crippen LogP contribution in [0.1, 0.15) is 13.3 Å². The number of nitrogens with zero attached hydrogens (tertiary/aromatic N) is 1. The van der Waals surface area contributed by atoms with Crippen molar-refractivity contribution in [1.82, 2.24) is 4.90 Å². The summed E-state index contributed by atoms with van der Waals surface area (Å²) in [5, 5.41) is 11.4. The van der Waals surface area contributed by atoms with E-state index in [1.807, 2.05) is 6.92 Å². The fraction of sp³-hybridized carbons (Fsp3) is 0.333. The summed E-state index contributed by atoms with van der Waals surface area (Å²) < 4.78 is 5.16. The van der Waals surface area contributed by atoms with Crippen LogP contribution in [0.2, 0.25) is 0 Å². The Morgan fingerprint density at radius 3 is 2.86 bits per heavy atom. The zero-order chi connectivity index (χ0) is 15.2. The monoisotopic (exact) mass is 290 g/mol. The molecule has 1 aliphatic heterocycles. The van der Waals surface area contributed by atoms with Crippen LogP contribution in [0, 0.1) is 0 Å². The number of nitrogens with one attached hydrogen (secondary N) is 1. The SMILES string of the molecule is CC1=CCCN(C(=O)Nc2ccccc2OCC(=O)O)C1. The van der Waals surface area contributed by atoms with Gasteiger partial charge in [-0.1, -0.05) is 23.8 Å². The highest BCUT2D eigenvalue weighted by Crippen LogP contribution is 2.24. The maximum Gasteiger partial charge on any atom is 0.341 e. The van der Waals surface area contributed by atoms with Crippen molar-refractivity contribution >= 4 is 17.7 Å². The minimum atomic E-state index is -1.06. The maximum absolute atomic E-state index is 12.2. The Balaban J connectivity index is 2.03. The highest BCUT2D eigenvalue weighted by molar-refractivity contribution is 5.91. The van der Waals surface area contributed by atoms with E-state index in [0.29, 0.717) is 24.5 Å². The first-order valence-electron chi connectivity index (χ1n) is 6.71. The molecule has 0 aliphatic carbocycles. The molecule has 21 heavy (non-hydrogen) atoms. The predicted molar refractivity (Wildman–Crippen MR) is 78.5 cm³/mol. The molecule has 2 rings (SSSR count). The van der Waals surface area contributed by atoms with Gasteiger partial charge in [-0.05, 0) is 25.5 Å². The number of ether oxygens (including phenoxy) is 1. The first-order chi connectivity index (χ1) is 10.1. The van der Waals surface area contributed by atoms with Gasteiger partial charge < -0.3 is 20.1 Å². The number of carboxylic acid groups (broad SMARTS) is 1.